The molecule has 0 radical (unpaired) electrons. The molecule has 0 N–H and O–H groups in total. The molecule has 4 saturated carbocycles. The van der Waals surface area contributed by atoms with Gasteiger partial charge in [0.2, 0.25) is 0 Å². The zero-order valence-corrected chi connectivity index (χ0v) is 20.8. The van der Waals surface area contributed by atoms with E-state index in [1.807, 2.05) is 30.3 Å². The van der Waals surface area contributed by atoms with Crippen molar-refractivity contribution in [1.29, 1.82) is 0 Å². The first-order chi connectivity index (χ1) is 17.2. The van der Waals surface area contributed by atoms with Crippen molar-refractivity contribution < 1.29 is 9.13 Å². The molecule has 3 heteroatoms. The van der Waals surface area contributed by atoms with E-state index in [0.717, 1.165) is 35.0 Å². The molecule has 7 unspecified atom stereocenters. The largest absolute Gasteiger partial charge is 0.480 e. The molecule has 4 aliphatic carbocycles. The van der Waals surface area contributed by atoms with Gasteiger partial charge in [-0.15, -0.1) is 0 Å². The van der Waals surface area contributed by atoms with Gasteiger partial charge in [-0.1, -0.05) is 43.0 Å². The fourth-order valence-electron chi connectivity index (χ4n) is 8.43. The summed E-state index contributed by atoms with van der Waals surface area (Å²) < 4.78 is 22.1. The summed E-state index contributed by atoms with van der Waals surface area (Å²) in [6.45, 7) is 4.24. The van der Waals surface area contributed by atoms with Crippen molar-refractivity contribution in [3.8, 4) is 5.75 Å². The molecule has 3 aromatic carbocycles. The van der Waals surface area contributed by atoms with E-state index in [-0.39, 0.29) is 16.7 Å². The molecule has 0 amide bonds. The van der Waals surface area contributed by atoms with Crippen LogP contribution < -0.4 is 4.74 Å². The zero-order valence-electron chi connectivity index (χ0n) is 20.0. The summed E-state index contributed by atoms with van der Waals surface area (Å²) in [5.74, 6) is 4.73. The van der Waals surface area contributed by atoms with E-state index in [4.69, 9.17) is 4.74 Å². The standard InChI is InChI=1S/C32H32FOS/c1-2-32(20-23-18-27(32)31-22-14-13-21(17-22)30(23)31)34-29-19-26(15-16-28(29)33)35(24-9-5-3-6-10-24)25-11-7-4-8-12-25/h2-12,15-16,19,21-23,27,30-31H,1,13-14,17-18,20H2/q+1. The number of hydrogen-bond donors (Lipinski definition) is 0. The second-order valence-corrected chi connectivity index (χ2v) is 13.1. The SMILES string of the molecule is C=CC1(Oc2cc([S+](c3ccccc3)c3ccccc3)ccc2F)CC2CC1C1C3CCC(C3)C21. The van der Waals surface area contributed by atoms with Gasteiger partial charge in [0.05, 0.1) is 10.9 Å². The molecule has 3 aromatic rings. The number of fused-ring (bicyclic) bond motifs is 9. The smallest absolute Gasteiger partial charge is 0.170 e. The molecule has 0 spiro atoms. The van der Waals surface area contributed by atoms with Gasteiger partial charge in [0.15, 0.2) is 26.3 Å². The summed E-state index contributed by atoms with van der Waals surface area (Å²) in [5.41, 5.74) is -0.437. The lowest BCUT2D eigenvalue weighted by atomic mass is 9.65. The molecule has 4 fully saturated rings. The van der Waals surface area contributed by atoms with Gasteiger partial charge >= 0.3 is 0 Å². The zero-order chi connectivity index (χ0) is 23.6. The quantitative estimate of drug-likeness (QED) is 0.196. The number of ether oxygens (including phenoxy) is 1. The Labute approximate surface area is 210 Å². The van der Waals surface area contributed by atoms with Gasteiger partial charge in [0.1, 0.15) is 5.60 Å². The Morgan fingerprint density at radius 1 is 0.800 bits per heavy atom. The van der Waals surface area contributed by atoms with Gasteiger partial charge in [-0.25, -0.2) is 4.39 Å². The monoisotopic (exact) mass is 483 g/mol. The maximum absolute atomic E-state index is 15.3. The average molecular weight is 484 g/mol. The van der Waals surface area contributed by atoms with Crippen molar-refractivity contribution in [1.82, 2.24) is 0 Å². The van der Waals surface area contributed by atoms with Crippen molar-refractivity contribution in [3.05, 3.63) is 97.3 Å². The molecule has 178 valence electrons. The molecule has 0 aliphatic heterocycles. The Kier molecular flexibility index (Phi) is 5.13. The Hall–Kier alpha value is -2.52. The second-order valence-electron chi connectivity index (χ2n) is 11.1. The van der Waals surface area contributed by atoms with Crippen LogP contribution in [0.3, 0.4) is 0 Å². The van der Waals surface area contributed by atoms with E-state index < -0.39 is 5.60 Å². The third-order valence-electron chi connectivity index (χ3n) is 9.56. The lowest BCUT2D eigenvalue weighted by Crippen LogP contribution is -2.47. The van der Waals surface area contributed by atoms with Gasteiger partial charge < -0.3 is 4.74 Å². The van der Waals surface area contributed by atoms with Crippen LogP contribution in [0.25, 0.3) is 0 Å². The summed E-state index contributed by atoms with van der Waals surface area (Å²) in [5, 5.41) is 0. The number of benzene rings is 3. The molecule has 7 atom stereocenters. The highest BCUT2D eigenvalue weighted by atomic mass is 32.2. The minimum absolute atomic E-state index is 0.271. The summed E-state index contributed by atoms with van der Waals surface area (Å²) in [6, 6.07) is 26.5. The fraction of sp³-hybridized carbons (Fsp3) is 0.375. The van der Waals surface area contributed by atoms with Gasteiger partial charge in [-0.3, -0.25) is 0 Å². The number of halogens is 1. The van der Waals surface area contributed by atoms with E-state index in [2.05, 4.69) is 55.1 Å². The first kappa shape index (κ1) is 21.7. The highest BCUT2D eigenvalue weighted by Crippen LogP contribution is 2.70. The van der Waals surface area contributed by atoms with Crippen LogP contribution in [0.5, 0.6) is 5.75 Å². The van der Waals surface area contributed by atoms with E-state index in [9.17, 15) is 0 Å². The van der Waals surface area contributed by atoms with Crippen molar-refractivity contribution in [2.24, 2.45) is 35.5 Å². The van der Waals surface area contributed by atoms with Crippen LogP contribution in [0.1, 0.15) is 32.1 Å². The normalized spacial score (nSPS) is 34.3. The molecule has 4 aliphatic rings. The van der Waals surface area contributed by atoms with Crippen molar-refractivity contribution in [3.63, 3.8) is 0 Å². The molecule has 0 saturated heterocycles. The summed E-state index contributed by atoms with van der Waals surface area (Å²) in [6.07, 6.45) is 8.47. The van der Waals surface area contributed by atoms with E-state index in [0.29, 0.717) is 17.6 Å². The maximum Gasteiger partial charge on any atom is 0.170 e. The first-order valence-corrected chi connectivity index (χ1v) is 14.4. The minimum Gasteiger partial charge on any atom is -0.480 e. The summed E-state index contributed by atoms with van der Waals surface area (Å²) in [7, 11) is -0.332. The average Bonchev–Trinajstić information content (AvgIpc) is 3.68. The number of rotatable bonds is 6. The van der Waals surface area contributed by atoms with E-state index in [1.165, 1.54) is 35.5 Å². The van der Waals surface area contributed by atoms with Crippen LogP contribution >= 0.6 is 0 Å². The molecule has 0 aromatic heterocycles. The van der Waals surface area contributed by atoms with Crippen molar-refractivity contribution in [2.45, 2.75) is 52.4 Å². The molecule has 1 nitrogen and oxygen atoms in total. The van der Waals surface area contributed by atoms with Crippen molar-refractivity contribution >= 4 is 10.9 Å². The predicted octanol–water partition coefficient (Wildman–Crippen LogP) is 7.93. The predicted molar refractivity (Wildman–Crippen MR) is 139 cm³/mol. The minimum atomic E-state index is -0.437. The van der Waals surface area contributed by atoms with E-state index >= 15 is 4.39 Å². The molecule has 0 heterocycles. The summed E-state index contributed by atoms with van der Waals surface area (Å²) >= 11 is 0. The first-order valence-electron chi connectivity index (χ1n) is 13.1. The van der Waals surface area contributed by atoms with Crippen LogP contribution in [0.2, 0.25) is 0 Å². The lowest BCUT2D eigenvalue weighted by molar-refractivity contribution is -0.0113. The molecule has 35 heavy (non-hydrogen) atoms. The topological polar surface area (TPSA) is 9.23 Å². The fourth-order valence-corrected chi connectivity index (χ4v) is 10.5. The Balaban J connectivity index is 1.25. The molecule has 4 bridgehead atoms. The lowest BCUT2D eigenvalue weighted by Gasteiger charge is -2.45. The molecular formula is C32H32FOS+. The van der Waals surface area contributed by atoms with Crippen LogP contribution in [0.15, 0.2) is 106 Å². The van der Waals surface area contributed by atoms with Crippen molar-refractivity contribution in [2.75, 3.05) is 0 Å². The Morgan fingerprint density at radius 3 is 2.11 bits per heavy atom. The Bertz CT molecular complexity index is 1200. The molecular weight excluding hydrogens is 451 g/mol. The van der Waals surface area contributed by atoms with Crippen LogP contribution in [0.4, 0.5) is 4.39 Å². The highest BCUT2D eigenvalue weighted by Gasteiger charge is 2.67. The van der Waals surface area contributed by atoms with E-state index in [1.54, 1.807) is 6.07 Å². The van der Waals surface area contributed by atoms with Crippen LogP contribution in [-0.4, -0.2) is 5.60 Å². The van der Waals surface area contributed by atoms with Gasteiger partial charge in [-0.05, 0) is 104 Å². The maximum atomic E-state index is 15.3. The number of hydrogen-bond acceptors (Lipinski definition) is 1. The Morgan fingerprint density at radius 2 is 1.46 bits per heavy atom. The van der Waals surface area contributed by atoms with Crippen LogP contribution in [-0.2, 0) is 10.9 Å². The van der Waals surface area contributed by atoms with Gasteiger partial charge in [0.25, 0.3) is 0 Å². The van der Waals surface area contributed by atoms with Gasteiger partial charge in [-0.2, -0.15) is 0 Å². The second kappa shape index (κ2) is 8.27. The third-order valence-corrected chi connectivity index (χ3v) is 11.8. The van der Waals surface area contributed by atoms with Gasteiger partial charge in [0, 0.05) is 12.0 Å². The summed E-state index contributed by atoms with van der Waals surface area (Å²) in [4.78, 5) is 3.53. The third kappa shape index (κ3) is 3.34. The highest BCUT2D eigenvalue weighted by molar-refractivity contribution is 7.97. The molecule has 7 rings (SSSR count). The van der Waals surface area contributed by atoms with Crippen LogP contribution in [0, 0.1) is 41.3 Å².